The molecule has 1 aromatic heterocycles. The Balaban J connectivity index is 1.99. The Morgan fingerprint density at radius 1 is 1.39 bits per heavy atom. The van der Waals surface area contributed by atoms with E-state index in [1.807, 2.05) is 0 Å². The lowest BCUT2D eigenvalue weighted by Gasteiger charge is -2.07. The van der Waals surface area contributed by atoms with Gasteiger partial charge in [-0.3, -0.25) is 0 Å². The molecule has 2 heterocycles. The Kier molecular flexibility index (Phi) is 3.50. The summed E-state index contributed by atoms with van der Waals surface area (Å²) in [5.74, 6) is 0.0100. The summed E-state index contributed by atoms with van der Waals surface area (Å²) in [5, 5.41) is 6.74. The molecule has 102 valence electrons. The number of hydrogen-bond donors (Lipinski definition) is 2. The summed E-state index contributed by atoms with van der Waals surface area (Å²) in [7, 11) is -4.09. The topological polar surface area (TPSA) is 108 Å². The average Bonchev–Trinajstić information content (AvgIpc) is 2.51. The van der Waals surface area contributed by atoms with Gasteiger partial charge in [-0.1, -0.05) is 36.1 Å². The van der Waals surface area contributed by atoms with E-state index in [1.54, 1.807) is 0 Å². The number of hydrogen-bond acceptors (Lipinski definition) is 7. The third kappa shape index (κ3) is 2.61. The number of nitrogens with zero attached hydrogens (tertiary/aromatic N) is 2. The molecule has 18 heavy (non-hydrogen) atoms. The lowest BCUT2D eigenvalue weighted by Crippen LogP contribution is -2.29. The molecule has 0 spiro atoms. The largest absolute Gasteiger partial charge is 0.523 e. The molecule has 9 heteroatoms. The molecule has 0 aliphatic carbocycles. The second kappa shape index (κ2) is 4.92. The second-order valence-electron chi connectivity index (χ2n) is 3.99. The maximum atomic E-state index is 11.1. The van der Waals surface area contributed by atoms with Gasteiger partial charge in [-0.05, 0) is 6.42 Å². The zero-order valence-electron chi connectivity index (χ0n) is 10.0. The average molecular weight is 276 g/mol. The molecule has 1 aliphatic heterocycles. The summed E-state index contributed by atoms with van der Waals surface area (Å²) in [6.07, 6.45) is 4.38. The molecule has 2 rings (SSSR count). The predicted octanol–water partition coefficient (Wildman–Crippen LogP) is 0.523. The molecule has 0 aromatic carbocycles. The van der Waals surface area contributed by atoms with Crippen LogP contribution < -0.4 is 19.5 Å². The van der Waals surface area contributed by atoms with Crippen LogP contribution in [-0.4, -0.2) is 24.9 Å². The van der Waals surface area contributed by atoms with Gasteiger partial charge in [0.25, 0.3) is 5.88 Å². The molecule has 0 radical (unpaired) electrons. The van der Waals surface area contributed by atoms with Gasteiger partial charge in [0, 0.05) is 6.54 Å². The number of nitrogens with two attached hydrogens (primary N) is 1. The second-order valence-corrected chi connectivity index (χ2v) is 5.12. The number of anilines is 2. The molecule has 0 fully saturated rings. The molecule has 0 atom stereocenters. The number of nitrogen functional groups attached to an aromatic ring is 1. The van der Waals surface area contributed by atoms with Gasteiger partial charge in [-0.25, -0.2) is 4.28 Å². The van der Waals surface area contributed by atoms with Gasteiger partial charge in [-0.15, -0.1) is 8.42 Å². The van der Waals surface area contributed by atoms with Gasteiger partial charge in [0.15, 0.2) is 5.82 Å². The fourth-order valence-corrected chi connectivity index (χ4v) is 2.26. The first kappa shape index (κ1) is 12.8. The number of rotatable bonds is 6. The highest BCUT2D eigenvalue weighted by Crippen LogP contribution is 2.33. The molecule has 3 N–H and O–H groups in total. The number of unbranched alkanes of at least 4 members (excludes halogenated alkanes) is 3. The third-order valence-electron chi connectivity index (χ3n) is 2.53. The normalized spacial score (nSPS) is 15.8. The van der Waals surface area contributed by atoms with E-state index in [2.05, 4.69) is 25.8 Å². The molecule has 0 amide bonds. The summed E-state index contributed by atoms with van der Waals surface area (Å²) in [4.78, 5) is 0.739. The van der Waals surface area contributed by atoms with Gasteiger partial charge in [0.1, 0.15) is 5.69 Å². The lowest BCUT2D eigenvalue weighted by molar-refractivity contribution is 0.190. The maximum Gasteiger partial charge on any atom is 0.523 e. The summed E-state index contributed by atoms with van der Waals surface area (Å²) in [6.45, 7) is 2.80. The Morgan fingerprint density at radius 3 is 2.89 bits per heavy atom. The van der Waals surface area contributed by atoms with Crippen LogP contribution in [0.2, 0.25) is 0 Å². The van der Waals surface area contributed by atoms with Crippen molar-refractivity contribution in [3.05, 3.63) is 0 Å². The van der Waals surface area contributed by atoms with E-state index >= 15 is 0 Å². The minimum atomic E-state index is -4.09. The Hall–Kier alpha value is -1.64. The maximum absolute atomic E-state index is 11.1. The monoisotopic (exact) mass is 276 g/mol. The molecule has 0 saturated heterocycles. The number of nitrogens with one attached hydrogen (secondary N) is 1. The Bertz CT molecular complexity index is 525. The predicted molar refractivity (Wildman–Crippen MR) is 65.4 cm³/mol. The smallest absolute Gasteiger partial charge is 0.379 e. The van der Waals surface area contributed by atoms with Crippen LogP contribution >= 0.6 is 0 Å². The molecular formula is C9H16N4O4S. The summed E-state index contributed by atoms with van der Waals surface area (Å²) >= 11 is 0. The van der Waals surface area contributed by atoms with Gasteiger partial charge in [0.2, 0.25) is 0 Å². The van der Waals surface area contributed by atoms with Crippen molar-refractivity contribution in [2.24, 2.45) is 0 Å². The zero-order valence-corrected chi connectivity index (χ0v) is 10.9. The summed E-state index contributed by atoms with van der Waals surface area (Å²) < 4.78 is 31.3. The quantitative estimate of drug-likeness (QED) is 0.729. The molecule has 0 saturated carbocycles. The van der Waals surface area contributed by atoms with Gasteiger partial charge in [-0.2, -0.15) is 0 Å². The van der Waals surface area contributed by atoms with Crippen LogP contribution in [0.5, 0.6) is 5.88 Å². The Labute approximate surface area is 105 Å². The minimum Gasteiger partial charge on any atom is -0.379 e. The minimum absolute atomic E-state index is 0.0748. The molecule has 1 aliphatic rings. The van der Waals surface area contributed by atoms with Crippen molar-refractivity contribution in [1.29, 1.82) is 0 Å². The first-order valence-corrected chi connectivity index (χ1v) is 7.13. The van der Waals surface area contributed by atoms with Crippen molar-refractivity contribution in [3.63, 3.8) is 0 Å². The fourth-order valence-electron chi connectivity index (χ4n) is 1.64. The first-order chi connectivity index (χ1) is 8.53. The van der Waals surface area contributed by atoms with E-state index in [4.69, 9.17) is 5.73 Å². The van der Waals surface area contributed by atoms with Crippen LogP contribution in [0.4, 0.5) is 11.5 Å². The molecule has 2 bridgehead atoms. The Morgan fingerprint density at radius 2 is 2.17 bits per heavy atom. The molecule has 1 aromatic rings. The molecular weight excluding hydrogens is 260 g/mol. The SMILES string of the molecule is CCCCCCNc1c2nn(c1N)OS(=O)(=O)O2. The van der Waals surface area contributed by atoms with Gasteiger partial charge < -0.3 is 15.2 Å². The van der Waals surface area contributed by atoms with Crippen molar-refractivity contribution >= 4 is 21.9 Å². The van der Waals surface area contributed by atoms with Crippen molar-refractivity contribution in [2.75, 3.05) is 17.6 Å². The van der Waals surface area contributed by atoms with E-state index in [1.165, 1.54) is 0 Å². The summed E-state index contributed by atoms with van der Waals surface area (Å²) in [5.41, 5.74) is 6.04. The fraction of sp³-hybridized carbons (Fsp3) is 0.667. The zero-order chi connectivity index (χ0) is 13.2. The van der Waals surface area contributed by atoms with Crippen LogP contribution in [0.15, 0.2) is 0 Å². The van der Waals surface area contributed by atoms with Gasteiger partial charge in [0.05, 0.1) is 0 Å². The van der Waals surface area contributed by atoms with Crippen molar-refractivity contribution < 1.29 is 16.9 Å². The number of fused-ring (bicyclic) bond motifs is 2. The highest BCUT2D eigenvalue weighted by Gasteiger charge is 2.32. The van der Waals surface area contributed by atoms with Crippen molar-refractivity contribution in [1.82, 2.24) is 9.94 Å². The lowest BCUT2D eigenvalue weighted by atomic mass is 10.2. The van der Waals surface area contributed by atoms with E-state index in [0.29, 0.717) is 12.2 Å². The van der Waals surface area contributed by atoms with E-state index < -0.39 is 10.4 Å². The van der Waals surface area contributed by atoms with E-state index in [-0.39, 0.29) is 11.7 Å². The van der Waals surface area contributed by atoms with Crippen LogP contribution in [0.25, 0.3) is 0 Å². The first-order valence-electron chi connectivity index (χ1n) is 5.80. The van der Waals surface area contributed by atoms with Crippen LogP contribution in [0.1, 0.15) is 32.6 Å². The van der Waals surface area contributed by atoms with E-state index in [0.717, 1.165) is 30.5 Å². The molecule has 0 unspecified atom stereocenters. The van der Waals surface area contributed by atoms with E-state index in [9.17, 15) is 8.42 Å². The number of aromatic nitrogens is 2. The standard InChI is InChI=1S/C9H16N4O4S/c1-2-3-4-5-6-11-7-8(10)13-12-9(7)16-18(14,15)17-13/h11H,2-6,10H2,1H3. The van der Waals surface area contributed by atoms with Gasteiger partial charge >= 0.3 is 10.4 Å². The van der Waals surface area contributed by atoms with Crippen molar-refractivity contribution in [2.45, 2.75) is 32.6 Å². The van der Waals surface area contributed by atoms with Crippen molar-refractivity contribution in [3.8, 4) is 5.88 Å². The van der Waals surface area contributed by atoms with Crippen LogP contribution in [0.3, 0.4) is 0 Å². The molecule has 8 nitrogen and oxygen atoms in total. The van der Waals surface area contributed by atoms with Crippen LogP contribution in [0, 0.1) is 0 Å². The third-order valence-corrected chi connectivity index (χ3v) is 3.22. The highest BCUT2D eigenvalue weighted by molar-refractivity contribution is 7.82. The van der Waals surface area contributed by atoms with Crippen LogP contribution in [-0.2, 0) is 10.4 Å². The highest BCUT2D eigenvalue weighted by atomic mass is 32.3. The summed E-state index contributed by atoms with van der Waals surface area (Å²) in [6, 6.07) is 0.